The molecule has 0 aliphatic carbocycles. The van der Waals surface area contributed by atoms with Crippen LogP contribution in [-0.4, -0.2) is 26.9 Å². The van der Waals surface area contributed by atoms with E-state index in [-0.39, 0.29) is 39.1 Å². The molecule has 0 spiro atoms. The van der Waals surface area contributed by atoms with Gasteiger partial charge in [-0.3, -0.25) is 9.10 Å². The third-order valence-electron chi connectivity index (χ3n) is 5.50. The summed E-state index contributed by atoms with van der Waals surface area (Å²) in [5.74, 6) is -0.325. The summed E-state index contributed by atoms with van der Waals surface area (Å²) >= 11 is 12.3. The fourth-order valence-corrected chi connectivity index (χ4v) is 5.89. The third kappa shape index (κ3) is 4.35. The SMILES string of the molecule is Cc1ccc(S(=O)(=O)N(CC(=O)N2c3ccccc3CC2C)c2cc(Cl)cc(Cl)c2)cc1. The molecule has 3 aromatic carbocycles. The first-order valence-corrected chi connectivity index (χ1v) is 12.3. The van der Waals surface area contributed by atoms with E-state index in [2.05, 4.69) is 0 Å². The Morgan fingerprint density at radius 3 is 2.31 bits per heavy atom. The number of hydrogen-bond donors (Lipinski definition) is 0. The fourth-order valence-electron chi connectivity index (χ4n) is 3.98. The van der Waals surface area contributed by atoms with E-state index in [1.807, 2.05) is 38.1 Å². The van der Waals surface area contributed by atoms with Crippen LogP contribution in [0.3, 0.4) is 0 Å². The Balaban J connectivity index is 1.76. The molecule has 0 radical (unpaired) electrons. The molecule has 5 nitrogen and oxygen atoms in total. The van der Waals surface area contributed by atoms with Gasteiger partial charge in [-0.05, 0) is 62.2 Å². The second kappa shape index (κ2) is 8.77. The van der Waals surface area contributed by atoms with Gasteiger partial charge < -0.3 is 4.90 Å². The van der Waals surface area contributed by atoms with Gasteiger partial charge in [0.1, 0.15) is 6.54 Å². The normalized spacial score (nSPS) is 15.5. The number of sulfonamides is 1. The molecule has 1 amide bonds. The number of hydrogen-bond acceptors (Lipinski definition) is 3. The van der Waals surface area contributed by atoms with E-state index in [0.717, 1.165) is 27.5 Å². The summed E-state index contributed by atoms with van der Waals surface area (Å²) in [5.41, 5.74) is 3.03. The number of carbonyl (C=O) groups is 1. The highest BCUT2D eigenvalue weighted by atomic mass is 35.5. The van der Waals surface area contributed by atoms with Gasteiger partial charge in [0, 0.05) is 21.8 Å². The molecule has 166 valence electrons. The zero-order valence-electron chi connectivity index (χ0n) is 17.6. The lowest BCUT2D eigenvalue weighted by Crippen LogP contribution is -2.45. The standard InChI is InChI=1S/C24H22Cl2N2O3S/c1-16-7-9-22(10-8-16)32(30,31)27(21-13-19(25)12-20(26)14-21)15-24(29)28-17(2)11-18-5-3-4-6-23(18)28/h3-10,12-14,17H,11,15H2,1-2H3. The maximum absolute atomic E-state index is 13.6. The lowest BCUT2D eigenvalue weighted by molar-refractivity contribution is -0.117. The van der Waals surface area contributed by atoms with Crippen LogP contribution in [0.2, 0.25) is 10.0 Å². The summed E-state index contributed by atoms with van der Waals surface area (Å²) in [6.45, 7) is 3.44. The molecule has 32 heavy (non-hydrogen) atoms. The maximum atomic E-state index is 13.6. The van der Waals surface area contributed by atoms with Gasteiger partial charge in [0.2, 0.25) is 5.91 Å². The molecule has 1 aliphatic heterocycles. The molecule has 0 bridgehead atoms. The number of carbonyl (C=O) groups excluding carboxylic acids is 1. The van der Waals surface area contributed by atoms with Crippen LogP contribution in [0.4, 0.5) is 11.4 Å². The molecule has 1 aliphatic rings. The van der Waals surface area contributed by atoms with Gasteiger partial charge in [-0.25, -0.2) is 8.42 Å². The molecule has 4 rings (SSSR count). The summed E-state index contributed by atoms with van der Waals surface area (Å²) in [7, 11) is -4.06. The quantitative estimate of drug-likeness (QED) is 0.477. The first kappa shape index (κ1) is 22.6. The number of anilines is 2. The van der Waals surface area contributed by atoms with E-state index in [1.165, 1.54) is 30.3 Å². The predicted molar refractivity (Wildman–Crippen MR) is 129 cm³/mol. The second-order valence-electron chi connectivity index (χ2n) is 7.90. The van der Waals surface area contributed by atoms with Crippen molar-refractivity contribution in [2.45, 2.75) is 31.2 Å². The molecule has 0 saturated heterocycles. The van der Waals surface area contributed by atoms with E-state index in [4.69, 9.17) is 23.2 Å². The highest BCUT2D eigenvalue weighted by Crippen LogP contribution is 2.34. The van der Waals surface area contributed by atoms with Crippen molar-refractivity contribution < 1.29 is 13.2 Å². The molecule has 0 fully saturated rings. The third-order valence-corrected chi connectivity index (χ3v) is 7.72. The maximum Gasteiger partial charge on any atom is 0.264 e. The Kier molecular flexibility index (Phi) is 6.21. The van der Waals surface area contributed by atoms with Crippen LogP contribution >= 0.6 is 23.2 Å². The second-order valence-corrected chi connectivity index (χ2v) is 10.6. The van der Waals surface area contributed by atoms with Crippen LogP contribution in [0.5, 0.6) is 0 Å². The number of para-hydroxylation sites is 1. The largest absolute Gasteiger partial charge is 0.307 e. The Morgan fingerprint density at radius 2 is 1.66 bits per heavy atom. The summed E-state index contributed by atoms with van der Waals surface area (Å²) in [6, 6.07) is 18.6. The molecule has 1 heterocycles. The van der Waals surface area contributed by atoms with Crippen molar-refractivity contribution in [3.8, 4) is 0 Å². The number of nitrogens with zero attached hydrogens (tertiary/aromatic N) is 2. The summed E-state index contributed by atoms with van der Waals surface area (Å²) in [4.78, 5) is 15.2. The van der Waals surface area contributed by atoms with E-state index >= 15 is 0 Å². The lowest BCUT2D eigenvalue weighted by Gasteiger charge is -2.29. The number of aryl methyl sites for hydroxylation is 1. The first-order valence-electron chi connectivity index (χ1n) is 10.1. The highest BCUT2D eigenvalue weighted by Gasteiger charge is 2.34. The van der Waals surface area contributed by atoms with Crippen LogP contribution < -0.4 is 9.21 Å². The lowest BCUT2D eigenvalue weighted by atomic mass is 10.1. The van der Waals surface area contributed by atoms with E-state index in [1.54, 1.807) is 17.0 Å². The van der Waals surface area contributed by atoms with Gasteiger partial charge in [-0.2, -0.15) is 0 Å². The number of halogens is 2. The van der Waals surface area contributed by atoms with Gasteiger partial charge in [-0.15, -0.1) is 0 Å². The predicted octanol–water partition coefficient (Wildman–Crippen LogP) is 5.47. The Hall–Kier alpha value is -2.54. The van der Waals surface area contributed by atoms with Crippen LogP contribution in [0.15, 0.2) is 71.6 Å². The molecule has 0 N–H and O–H groups in total. The van der Waals surface area contributed by atoms with Crippen LogP contribution in [0.1, 0.15) is 18.1 Å². The summed E-state index contributed by atoms with van der Waals surface area (Å²) in [5, 5.41) is 0.563. The average Bonchev–Trinajstić information content (AvgIpc) is 3.07. The topological polar surface area (TPSA) is 57.7 Å². The van der Waals surface area contributed by atoms with Crippen molar-refractivity contribution in [1.82, 2.24) is 0 Å². The van der Waals surface area contributed by atoms with Gasteiger partial charge in [-0.1, -0.05) is 59.1 Å². The minimum Gasteiger partial charge on any atom is -0.307 e. The monoisotopic (exact) mass is 488 g/mol. The Labute approximate surface area is 198 Å². The van der Waals surface area contributed by atoms with E-state index in [0.29, 0.717) is 0 Å². The molecule has 1 unspecified atom stereocenters. The van der Waals surface area contributed by atoms with Gasteiger partial charge in [0.25, 0.3) is 10.0 Å². The smallest absolute Gasteiger partial charge is 0.264 e. The average molecular weight is 489 g/mol. The van der Waals surface area contributed by atoms with Crippen molar-refractivity contribution in [2.24, 2.45) is 0 Å². The molecule has 3 aromatic rings. The zero-order valence-corrected chi connectivity index (χ0v) is 20.0. The Bertz CT molecular complexity index is 1260. The van der Waals surface area contributed by atoms with E-state index in [9.17, 15) is 13.2 Å². The van der Waals surface area contributed by atoms with Crippen molar-refractivity contribution in [2.75, 3.05) is 15.7 Å². The van der Waals surface area contributed by atoms with Gasteiger partial charge in [0.15, 0.2) is 0 Å². The fraction of sp³-hybridized carbons (Fsp3) is 0.208. The van der Waals surface area contributed by atoms with E-state index < -0.39 is 10.0 Å². The summed E-state index contributed by atoms with van der Waals surface area (Å²) in [6.07, 6.45) is 0.718. The van der Waals surface area contributed by atoms with Gasteiger partial charge in [0.05, 0.1) is 10.6 Å². The molecular weight excluding hydrogens is 467 g/mol. The molecular formula is C24H22Cl2N2O3S. The number of amides is 1. The van der Waals surface area contributed by atoms with Crippen molar-refractivity contribution in [3.05, 3.63) is 87.9 Å². The van der Waals surface area contributed by atoms with Crippen molar-refractivity contribution in [1.29, 1.82) is 0 Å². The molecule has 8 heteroatoms. The minimum absolute atomic E-state index is 0.0771. The van der Waals surface area contributed by atoms with Crippen LogP contribution in [0.25, 0.3) is 0 Å². The molecule has 0 aromatic heterocycles. The summed E-state index contributed by atoms with van der Waals surface area (Å²) < 4.78 is 28.3. The van der Waals surface area contributed by atoms with Crippen LogP contribution in [0, 0.1) is 6.92 Å². The van der Waals surface area contributed by atoms with Gasteiger partial charge >= 0.3 is 0 Å². The molecule has 0 saturated carbocycles. The van der Waals surface area contributed by atoms with Crippen molar-refractivity contribution in [3.63, 3.8) is 0 Å². The van der Waals surface area contributed by atoms with Crippen LogP contribution in [-0.2, 0) is 21.2 Å². The zero-order chi connectivity index (χ0) is 23.0. The van der Waals surface area contributed by atoms with Crippen molar-refractivity contribution >= 4 is 50.5 Å². The molecule has 1 atom stereocenters. The number of fused-ring (bicyclic) bond motifs is 1. The minimum atomic E-state index is -4.06. The number of rotatable bonds is 5. The first-order chi connectivity index (χ1) is 15.2. The highest BCUT2D eigenvalue weighted by molar-refractivity contribution is 7.92. The number of benzene rings is 3. The Morgan fingerprint density at radius 1 is 1.03 bits per heavy atom.